The van der Waals surface area contributed by atoms with Crippen molar-refractivity contribution in [1.82, 2.24) is 39.0 Å². The van der Waals surface area contributed by atoms with Gasteiger partial charge in [0.25, 0.3) is 0 Å². The van der Waals surface area contributed by atoms with E-state index in [1.54, 1.807) is 0 Å². The van der Waals surface area contributed by atoms with Gasteiger partial charge in [-0.25, -0.2) is 34.3 Å². The van der Waals surface area contributed by atoms with Gasteiger partial charge < -0.3 is 45.3 Å². The van der Waals surface area contributed by atoms with Crippen LogP contribution in [0.2, 0.25) is 0 Å². The minimum atomic E-state index is -4.18. The molecule has 2 fully saturated rings. The summed E-state index contributed by atoms with van der Waals surface area (Å²) in [7, 11) is 1.38. The fourth-order valence-corrected chi connectivity index (χ4v) is 6.43. The molecule has 226 valence electrons. The molecule has 2 aliphatic heterocycles. The van der Waals surface area contributed by atoms with E-state index in [1.807, 2.05) is 0 Å². The average Bonchev–Trinajstić information content (AvgIpc) is 3.72. The Morgan fingerprint density at radius 1 is 0.952 bits per heavy atom. The zero-order chi connectivity index (χ0) is 29.8. The molecular formula is C21H26FN10O8PS. The lowest BCUT2D eigenvalue weighted by molar-refractivity contribution is -0.0596. The summed E-state index contributed by atoms with van der Waals surface area (Å²) in [4.78, 5) is 35.1. The number of aliphatic hydroxyl groups excluding tert-OH is 2. The summed E-state index contributed by atoms with van der Waals surface area (Å²) in [5.41, 5.74) is 12.8. The van der Waals surface area contributed by atoms with Crippen molar-refractivity contribution in [3.05, 3.63) is 25.3 Å². The van der Waals surface area contributed by atoms with Gasteiger partial charge in [-0.15, -0.1) is 0 Å². The highest BCUT2D eigenvalue weighted by atomic mass is 32.5. The molecule has 21 heteroatoms. The quantitative estimate of drug-likeness (QED) is 0.139. The summed E-state index contributed by atoms with van der Waals surface area (Å²) in [6.45, 7) is -5.28. The average molecular weight is 629 g/mol. The molecule has 5 unspecified atom stereocenters. The summed E-state index contributed by atoms with van der Waals surface area (Å²) >= 11 is 5.13. The van der Waals surface area contributed by atoms with Crippen molar-refractivity contribution >= 4 is 52.5 Å². The van der Waals surface area contributed by atoms with Gasteiger partial charge in [-0.1, -0.05) is 0 Å². The number of nitrogens with zero attached hydrogens (tertiary/aromatic N) is 8. The first-order valence-corrected chi connectivity index (χ1v) is 15.0. The Hall–Kier alpha value is -3.04. The van der Waals surface area contributed by atoms with Gasteiger partial charge in [-0.2, -0.15) is 0 Å². The van der Waals surface area contributed by atoms with Gasteiger partial charge in [-0.3, -0.25) is 13.7 Å². The Labute approximate surface area is 240 Å². The van der Waals surface area contributed by atoms with Crippen LogP contribution in [-0.4, -0.2) is 111 Å². The highest BCUT2D eigenvalue weighted by Gasteiger charge is 2.50. The Kier molecular flexibility index (Phi) is 7.77. The van der Waals surface area contributed by atoms with Crippen LogP contribution in [0.5, 0.6) is 0 Å². The number of methoxy groups -OCH3 is 1. The van der Waals surface area contributed by atoms with Crippen LogP contribution in [0.3, 0.4) is 0 Å². The lowest BCUT2D eigenvalue weighted by Crippen LogP contribution is -2.36. The second kappa shape index (κ2) is 11.2. The summed E-state index contributed by atoms with van der Waals surface area (Å²) in [6.07, 6.45) is -5.00. The summed E-state index contributed by atoms with van der Waals surface area (Å²) in [5.74, 6) is 0.249. The van der Waals surface area contributed by atoms with Crippen LogP contribution in [-0.2, 0) is 35.1 Å². The molecule has 2 saturated heterocycles. The molecule has 0 spiro atoms. The van der Waals surface area contributed by atoms with Gasteiger partial charge in [0.1, 0.15) is 54.2 Å². The van der Waals surface area contributed by atoms with Crippen LogP contribution < -0.4 is 11.5 Å². The van der Waals surface area contributed by atoms with Gasteiger partial charge in [0, 0.05) is 7.11 Å². The van der Waals surface area contributed by atoms with Crippen LogP contribution in [0.25, 0.3) is 22.3 Å². The Balaban J connectivity index is 1.15. The molecule has 6 rings (SSSR count). The van der Waals surface area contributed by atoms with Crippen molar-refractivity contribution in [3.63, 3.8) is 0 Å². The van der Waals surface area contributed by atoms with E-state index in [4.69, 9.17) is 46.5 Å². The minimum Gasteiger partial charge on any atom is -0.394 e. The normalized spacial score (nSPS) is 31.3. The largest absolute Gasteiger partial charge is 0.394 e. The summed E-state index contributed by atoms with van der Waals surface area (Å²) < 4.78 is 46.5. The molecule has 42 heavy (non-hydrogen) atoms. The van der Waals surface area contributed by atoms with Crippen molar-refractivity contribution in [2.75, 3.05) is 31.8 Å². The number of nitrogen functional groups attached to an aromatic ring is 2. The molecule has 0 saturated carbocycles. The van der Waals surface area contributed by atoms with Crippen LogP contribution >= 0.6 is 6.72 Å². The summed E-state index contributed by atoms with van der Waals surface area (Å²) in [5, 5.41) is 20.7. The maximum atomic E-state index is 15.7. The number of anilines is 2. The molecule has 0 radical (unpaired) electrons. The number of alkyl halides is 1. The molecule has 0 bridgehead atoms. The number of hydrogen-bond acceptors (Lipinski definition) is 16. The van der Waals surface area contributed by atoms with Gasteiger partial charge in [0.05, 0.1) is 25.9 Å². The van der Waals surface area contributed by atoms with E-state index in [9.17, 15) is 15.1 Å². The zero-order valence-electron chi connectivity index (χ0n) is 21.7. The number of aromatic nitrogens is 8. The van der Waals surface area contributed by atoms with E-state index in [-0.39, 0.29) is 22.8 Å². The second-order valence-electron chi connectivity index (χ2n) is 9.45. The molecule has 7 N–H and O–H groups in total. The number of halogens is 1. The van der Waals surface area contributed by atoms with Crippen LogP contribution in [0.15, 0.2) is 25.3 Å². The molecule has 4 aromatic heterocycles. The number of hydrogen-bond donors (Lipinski definition) is 5. The number of imidazole rings is 2. The van der Waals surface area contributed by atoms with E-state index in [1.165, 1.54) is 41.6 Å². The number of ether oxygens (including phenoxy) is 3. The molecule has 6 heterocycles. The fraction of sp³-hybridized carbons (Fsp3) is 0.524. The first-order valence-electron chi connectivity index (χ1n) is 12.4. The first-order chi connectivity index (χ1) is 20.1. The highest BCUT2D eigenvalue weighted by Crippen LogP contribution is 2.50. The SMILES string of the molecule is COC1C(O)[C@@H](COP(O)(=S)OC2C(F)[C@H](n3cnc4c(N)ncnc43)O[C@@H]2CO)O[C@H]1n1cnc2c(N)ncnc21. The molecule has 0 aliphatic carbocycles. The molecule has 2 aliphatic rings. The third kappa shape index (κ3) is 4.98. The smallest absolute Gasteiger partial charge is 0.325 e. The zero-order valence-corrected chi connectivity index (χ0v) is 23.4. The molecule has 4 aromatic rings. The number of aliphatic hydroxyl groups is 2. The molecule has 18 nitrogen and oxygen atoms in total. The maximum Gasteiger partial charge on any atom is 0.325 e. The first kappa shape index (κ1) is 29.1. The Morgan fingerprint density at radius 2 is 1.52 bits per heavy atom. The van der Waals surface area contributed by atoms with Gasteiger partial charge >= 0.3 is 6.72 Å². The maximum absolute atomic E-state index is 15.7. The highest BCUT2D eigenvalue weighted by molar-refractivity contribution is 8.07. The van der Waals surface area contributed by atoms with Crippen LogP contribution in [0, 0.1) is 0 Å². The number of nitrogens with two attached hydrogens (primary N) is 2. The molecule has 9 atom stereocenters. The van der Waals surface area contributed by atoms with E-state index in [0.29, 0.717) is 11.2 Å². The van der Waals surface area contributed by atoms with Crippen molar-refractivity contribution in [2.24, 2.45) is 0 Å². The van der Waals surface area contributed by atoms with Gasteiger partial charge in [-0.05, 0) is 11.8 Å². The Bertz CT molecular complexity index is 1650. The van der Waals surface area contributed by atoms with E-state index in [0.717, 1.165) is 0 Å². The predicted molar refractivity (Wildman–Crippen MR) is 143 cm³/mol. The lowest BCUT2D eigenvalue weighted by atomic mass is 10.1. The van der Waals surface area contributed by atoms with Crippen LogP contribution in [0.4, 0.5) is 16.0 Å². The minimum absolute atomic E-state index is 0.0887. The van der Waals surface area contributed by atoms with Crippen LogP contribution in [0.1, 0.15) is 12.5 Å². The third-order valence-electron chi connectivity index (χ3n) is 7.01. The second-order valence-corrected chi connectivity index (χ2v) is 12.2. The van der Waals surface area contributed by atoms with Gasteiger partial charge in [0.2, 0.25) is 0 Å². The van der Waals surface area contributed by atoms with Crippen molar-refractivity contribution in [1.29, 1.82) is 0 Å². The molecule has 0 amide bonds. The number of rotatable bonds is 9. The fourth-order valence-electron chi connectivity index (χ4n) is 4.99. The number of fused-ring (bicyclic) bond motifs is 2. The summed E-state index contributed by atoms with van der Waals surface area (Å²) in [6, 6.07) is 0. The predicted octanol–water partition coefficient (Wildman–Crippen LogP) is -1.05. The monoisotopic (exact) mass is 628 g/mol. The van der Waals surface area contributed by atoms with E-state index in [2.05, 4.69) is 29.9 Å². The molecular weight excluding hydrogens is 602 g/mol. The van der Waals surface area contributed by atoms with E-state index < -0.39 is 69.1 Å². The van der Waals surface area contributed by atoms with Crippen molar-refractivity contribution in [3.8, 4) is 0 Å². The third-order valence-corrected chi connectivity index (χ3v) is 8.57. The van der Waals surface area contributed by atoms with Gasteiger partial charge in [0.15, 0.2) is 41.6 Å². The van der Waals surface area contributed by atoms with Crippen molar-refractivity contribution < 1.29 is 42.8 Å². The Morgan fingerprint density at radius 3 is 2.10 bits per heavy atom. The van der Waals surface area contributed by atoms with E-state index >= 15 is 4.39 Å². The standard InChI is InChI=1S/C21H26FN10O8PS/c1-36-15-13(34)9(39-21(15)32-7-30-12-17(24)26-5-28-19(12)32)3-37-41(35,42)40-14-8(2-33)38-20(10(14)22)31-6-29-11-16(23)25-4-27-18(11)31/h4-10,13-15,20-21,33-34H,2-3H2,1H3,(H,35,42)(H2,23,25,27)(H2,24,26,28)/t8-,9-,10?,13?,14?,15?,20-,21-,41?/m1/s1. The molecule has 0 aromatic carbocycles. The lowest BCUT2D eigenvalue weighted by Gasteiger charge is -2.25. The topological polar surface area (TPSA) is 246 Å². The van der Waals surface area contributed by atoms with Crippen molar-refractivity contribution in [2.45, 2.75) is 49.1 Å².